The molecule has 9 heteroatoms. The fraction of sp³-hybridized carbons (Fsp3) is 0.520. The van der Waals surface area contributed by atoms with Gasteiger partial charge in [-0.3, -0.25) is 9.78 Å². The summed E-state index contributed by atoms with van der Waals surface area (Å²) in [4.78, 5) is 18.6. The van der Waals surface area contributed by atoms with Crippen molar-refractivity contribution in [2.75, 3.05) is 26.7 Å². The summed E-state index contributed by atoms with van der Waals surface area (Å²) in [6.07, 6.45) is 5.72. The van der Waals surface area contributed by atoms with Crippen molar-refractivity contribution in [2.45, 2.75) is 50.2 Å². The van der Waals surface area contributed by atoms with Gasteiger partial charge in [0.25, 0.3) is 0 Å². The minimum atomic E-state index is -3.91. The Kier molecular flexibility index (Phi) is 7.25. The molecule has 0 unspecified atom stereocenters. The van der Waals surface area contributed by atoms with Crippen molar-refractivity contribution in [1.82, 2.24) is 14.2 Å². The van der Waals surface area contributed by atoms with Gasteiger partial charge in [0.05, 0.1) is 13.2 Å². The molecule has 3 atom stereocenters. The van der Waals surface area contributed by atoms with Gasteiger partial charge in [-0.2, -0.15) is 4.31 Å². The molecule has 0 spiro atoms. The zero-order valence-corrected chi connectivity index (χ0v) is 20.7. The van der Waals surface area contributed by atoms with Gasteiger partial charge < -0.3 is 14.7 Å². The molecule has 2 aliphatic rings. The molecule has 0 saturated heterocycles. The summed E-state index contributed by atoms with van der Waals surface area (Å²) in [5.74, 6) is 0.601. The minimum Gasteiger partial charge on any atom is -0.487 e. The molecule has 1 aromatic carbocycles. The summed E-state index contributed by atoms with van der Waals surface area (Å²) in [6, 6.07) is 8.15. The van der Waals surface area contributed by atoms with Gasteiger partial charge in [0.15, 0.2) is 0 Å². The summed E-state index contributed by atoms with van der Waals surface area (Å²) in [5, 5.41) is 9.79. The van der Waals surface area contributed by atoms with Gasteiger partial charge in [-0.1, -0.05) is 19.1 Å². The van der Waals surface area contributed by atoms with Crippen LogP contribution in [-0.2, 0) is 14.8 Å². The number of nitrogens with zero attached hydrogens (tertiary/aromatic N) is 3. The third kappa shape index (κ3) is 5.26. The maximum atomic E-state index is 13.6. The number of ether oxygens (including phenoxy) is 1. The number of sulfonamides is 1. The van der Waals surface area contributed by atoms with E-state index in [1.54, 1.807) is 49.5 Å². The van der Waals surface area contributed by atoms with E-state index in [0.29, 0.717) is 18.9 Å². The normalized spacial score (nSPS) is 23.2. The number of amides is 1. The Morgan fingerprint density at radius 2 is 2.06 bits per heavy atom. The van der Waals surface area contributed by atoms with E-state index in [4.69, 9.17) is 4.74 Å². The Bertz CT molecular complexity index is 1120. The second kappa shape index (κ2) is 10.0. The van der Waals surface area contributed by atoms with Crippen LogP contribution in [0.5, 0.6) is 5.75 Å². The molecule has 1 aromatic heterocycles. The smallest absolute Gasteiger partial charge is 0.247 e. The van der Waals surface area contributed by atoms with Crippen LogP contribution < -0.4 is 4.74 Å². The molecular formula is C25H33N3O5S. The molecule has 2 aromatic rings. The van der Waals surface area contributed by atoms with Gasteiger partial charge in [-0.05, 0) is 49.4 Å². The van der Waals surface area contributed by atoms with Crippen LogP contribution in [0, 0.1) is 11.8 Å². The third-order valence-electron chi connectivity index (χ3n) is 6.70. The fourth-order valence-electron chi connectivity index (χ4n) is 4.25. The Balaban J connectivity index is 1.72. The first-order valence-electron chi connectivity index (χ1n) is 11.8. The van der Waals surface area contributed by atoms with Crippen molar-refractivity contribution >= 4 is 15.9 Å². The number of carbonyl (C=O) groups excluding carboxylic acids is 1. The molecule has 1 aliphatic heterocycles. The Labute approximate surface area is 201 Å². The Hall–Kier alpha value is -2.49. The van der Waals surface area contributed by atoms with Crippen molar-refractivity contribution in [2.24, 2.45) is 11.8 Å². The average molecular weight is 488 g/mol. The maximum Gasteiger partial charge on any atom is 0.247 e. The maximum absolute atomic E-state index is 13.6. The van der Waals surface area contributed by atoms with E-state index in [2.05, 4.69) is 4.98 Å². The molecule has 0 bridgehead atoms. The van der Waals surface area contributed by atoms with E-state index >= 15 is 0 Å². The van der Waals surface area contributed by atoms with Crippen LogP contribution in [-0.4, -0.2) is 72.5 Å². The molecule has 1 saturated carbocycles. The largest absolute Gasteiger partial charge is 0.487 e. The number of rotatable bonds is 7. The molecule has 184 valence electrons. The SMILES string of the molecule is C[C@H](CO)N1C[C@H](C)[C@@H](CN(C)C(=O)CC2CC2)Oc2cc(-c3cccnc3)ccc2S1(=O)=O. The average Bonchev–Trinajstić information content (AvgIpc) is 3.65. The number of pyridine rings is 1. The first kappa shape index (κ1) is 24.6. The van der Waals surface area contributed by atoms with E-state index in [9.17, 15) is 18.3 Å². The lowest BCUT2D eigenvalue weighted by Crippen LogP contribution is -2.50. The summed E-state index contributed by atoms with van der Waals surface area (Å²) in [6.45, 7) is 3.86. The van der Waals surface area contributed by atoms with E-state index in [0.717, 1.165) is 24.0 Å². The zero-order valence-electron chi connectivity index (χ0n) is 19.9. The van der Waals surface area contributed by atoms with Gasteiger partial charge >= 0.3 is 0 Å². The number of hydrogen-bond donors (Lipinski definition) is 1. The number of benzene rings is 1. The van der Waals surface area contributed by atoms with Crippen LogP contribution in [0.4, 0.5) is 0 Å². The second-order valence-corrected chi connectivity index (χ2v) is 11.4. The van der Waals surface area contributed by atoms with Crippen molar-refractivity contribution in [3.05, 3.63) is 42.7 Å². The monoisotopic (exact) mass is 487 g/mol. The fourth-order valence-corrected chi connectivity index (χ4v) is 6.08. The lowest BCUT2D eigenvalue weighted by molar-refractivity contribution is -0.131. The molecule has 8 nitrogen and oxygen atoms in total. The molecular weight excluding hydrogens is 454 g/mol. The number of carbonyl (C=O) groups is 1. The molecule has 1 N–H and O–H groups in total. The highest BCUT2D eigenvalue weighted by Crippen LogP contribution is 2.37. The Morgan fingerprint density at radius 1 is 1.29 bits per heavy atom. The lowest BCUT2D eigenvalue weighted by atomic mass is 10.0. The number of aromatic nitrogens is 1. The first-order valence-corrected chi connectivity index (χ1v) is 13.2. The van der Waals surface area contributed by atoms with Crippen LogP contribution >= 0.6 is 0 Å². The van der Waals surface area contributed by atoms with E-state index in [1.165, 1.54) is 4.31 Å². The summed E-state index contributed by atoms with van der Waals surface area (Å²) in [7, 11) is -2.13. The molecule has 1 amide bonds. The number of likely N-dealkylation sites (N-methyl/N-ethyl adjacent to an activating group) is 1. The van der Waals surface area contributed by atoms with Gasteiger partial charge in [-0.15, -0.1) is 0 Å². The van der Waals surface area contributed by atoms with E-state index in [1.807, 2.05) is 19.1 Å². The predicted octanol–water partition coefficient (Wildman–Crippen LogP) is 2.78. The standard InChI is InChI=1S/C25H33N3O5S/c1-17-14-28(18(2)16-29)34(31,32)24-9-8-20(21-5-4-10-26-13-21)12-22(24)33-23(17)15-27(3)25(30)11-19-6-7-19/h4-5,8-10,12-13,17-19,23,29H,6-7,11,14-16H2,1-3H3/t17-,18+,23+/m0/s1. The minimum absolute atomic E-state index is 0.0595. The van der Waals surface area contributed by atoms with E-state index in [-0.39, 0.29) is 35.6 Å². The zero-order chi connectivity index (χ0) is 24.5. The summed E-state index contributed by atoms with van der Waals surface area (Å²) < 4.78 is 34.9. The van der Waals surface area contributed by atoms with Crippen LogP contribution in [0.2, 0.25) is 0 Å². The highest BCUT2D eigenvalue weighted by Gasteiger charge is 2.38. The highest BCUT2D eigenvalue weighted by molar-refractivity contribution is 7.89. The molecule has 2 heterocycles. The summed E-state index contributed by atoms with van der Waals surface area (Å²) in [5.41, 5.74) is 1.63. The predicted molar refractivity (Wildman–Crippen MR) is 129 cm³/mol. The first-order chi connectivity index (χ1) is 16.2. The molecule has 1 fully saturated rings. The van der Waals surface area contributed by atoms with Crippen molar-refractivity contribution in [1.29, 1.82) is 0 Å². The molecule has 34 heavy (non-hydrogen) atoms. The van der Waals surface area contributed by atoms with Crippen LogP contribution in [0.1, 0.15) is 33.1 Å². The van der Waals surface area contributed by atoms with Crippen molar-refractivity contribution in [3.63, 3.8) is 0 Å². The number of fused-ring (bicyclic) bond motifs is 1. The third-order valence-corrected chi connectivity index (χ3v) is 8.72. The molecule has 1 aliphatic carbocycles. The molecule has 4 rings (SSSR count). The summed E-state index contributed by atoms with van der Waals surface area (Å²) >= 11 is 0. The van der Waals surface area contributed by atoms with Gasteiger partial charge in [-0.25, -0.2) is 8.42 Å². The quantitative estimate of drug-likeness (QED) is 0.645. The van der Waals surface area contributed by atoms with E-state index < -0.39 is 22.2 Å². The number of aliphatic hydroxyl groups is 1. The van der Waals surface area contributed by atoms with Crippen molar-refractivity contribution in [3.8, 4) is 16.9 Å². The van der Waals surface area contributed by atoms with Gasteiger partial charge in [0.1, 0.15) is 16.7 Å². The second-order valence-electron chi connectivity index (χ2n) is 9.56. The lowest BCUT2D eigenvalue weighted by Gasteiger charge is -2.37. The number of hydrogen-bond acceptors (Lipinski definition) is 6. The Morgan fingerprint density at radius 3 is 2.71 bits per heavy atom. The highest BCUT2D eigenvalue weighted by atomic mass is 32.2. The molecule has 0 radical (unpaired) electrons. The van der Waals surface area contributed by atoms with Crippen molar-refractivity contribution < 1.29 is 23.1 Å². The van der Waals surface area contributed by atoms with Crippen LogP contribution in [0.25, 0.3) is 11.1 Å². The number of aliphatic hydroxyl groups excluding tert-OH is 1. The van der Waals surface area contributed by atoms with Crippen LogP contribution in [0.15, 0.2) is 47.6 Å². The van der Waals surface area contributed by atoms with Gasteiger partial charge in [0, 0.05) is 49.9 Å². The topological polar surface area (TPSA) is 100 Å². The van der Waals surface area contributed by atoms with Crippen LogP contribution in [0.3, 0.4) is 0 Å². The van der Waals surface area contributed by atoms with Gasteiger partial charge in [0.2, 0.25) is 15.9 Å².